The van der Waals surface area contributed by atoms with E-state index < -0.39 is 12.2 Å². The van der Waals surface area contributed by atoms with E-state index in [1.807, 2.05) is 12.1 Å². The summed E-state index contributed by atoms with van der Waals surface area (Å²) in [5, 5.41) is 0. The first kappa shape index (κ1) is 16.9. The quantitative estimate of drug-likeness (QED) is 0.734. The summed E-state index contributed by atoms with van der Waals surface area (Å²) in [6.07, 6.45) is 0.878. The van der Waals surface area contributed by atoms with Crippen LogP contribution in [0.4, 0.5) is 0 Å². The smallest absolute Gasteiger partial charge is 0.303 e. The SMILES string of the molecule is CC(=O)O[C@H]1CC2CCN3Cc4cc5c(cc4C(C23)[C@@H]1OC(C)=O)OCO5. The number of hydrogen-bond donors (Lipinski definition) is 0. The number of carbonyl (C=O) groups is 2. The van der Waals surface area contributed by atoms with Crippen LogP contribution in [0.3, 0.4) is 0 Å². The number of hydrogen-bond acceptors (Lipinski definition) is 7. The zero-order chi connectivity index (χ0) is 18.7. The third-order valence-electron chi connectivity index (χ3n) is 6.30. The molecule has 1 aromatic carbocycles. The second-order valence-electron chi connectivity index (χ2n) is 7.90. The fourth-order valence-electron chi connectivity index (χ4n) is 5.47. The zero-order valence-electron chi connectivity index (χ0n) is 15.5. The minimum absolute atomic E-state index is 0.0438. The lowest BCUT2D eigenvalue weighted by atomic mass is 9.68. The Labute approximate surface area is 157 Å². The molecule has 0 radical (unpaired) electrons. The highest BCUT2D eigenvalue weighted by atomic mass is 16.7. The largest absolute Gasteiger partial charge is 0.459 e. The van der Waals surface area contributed by atoms with E-state index in [4.69, 9.17) is 18.9 Å². The lowest BCUT2D eigenvalue weighted by molar-refractivity contribution is -0.176. The van der Waals surface area contributed by atoms with E-state index in [1.54, 1.807) is 0 Å². The maximum atomic E-state index is 11.9. The summed E-state index contributed by atoms with van der Waals surface area (Å²) >= 11 is 0. The Morgan fingerprint density at radius 1 is 1.11 bits per heavy atom. The molecule has 0 bridgehead atoms. The van der Waals surface area contributed by atoms with Gasteiger partial charge in [0.05, 0.1) is 0 Å². The average Bonchev–Trinajstić information content (AvgIpc) is 3.21. The van der Waals surface area contributed by atoms with Crippen molar-refractivity contribution in [2.45, 2.75) is 57.4 Å². The van der Waals surface area contributed by atoms with Gasteiger partial charge in [-0.1, -0.05) is 0 Å². The molecule has 3 heterocycles. The van der Waals surface area contributed by atoms with Crippen molar-refractivity contribution >= 4 is 11.9 Å². The number of rotatable bonds is 2. The van der Waals surface area contributed by atoms with Gasteiger partial charge in [-0.3, -0.25) is 14.5 Å². The van der Waals surface area contributed by atoms with Crippen molar-refractivity contribution in [3.8, 4) is 11.5 Å². The van der Waals surface area contributed by atoms with Crippen LogP contribution in [0.1, 0.15) is 43.7 Å². The van der Waals surface area contributed by atoms with E-state index in [1.165, 1.54) is 19.4 Å². The number of carbonyl (C=O) groups excluding carboxylic acids is 2. The minimum Gasteiger partial charge on any atom is -0.459 e. The van der Waals surface area contributed by atoms with Crippen molar-refractivity contribution < 1.29 is 28.5 Å². The van der Waals surface area contributed by atoms with Crippen molar-refractivity contribution in [2.75, 3.05) is 13.3 Å². The lowest BCUT2D eigenvalue weighted by Crippen LogP contribution is -2.55. The summed E-state index contributed by atoms with van der Waals surface area (Å²) in [4.78, 5) is 26.0. The van der Waals surface area contributed by atoms with Crippen LogP contribution < -0.4 is 9.47 Å². The van der Waals surface area contributed by atoms with Gasteiger partial charge in [-0.05, 0) is 48.6 Å². The van der Waals surface area contributed by atoms with E-state index in [0.29, 0.717) is 5.92 Å². The maximum Gasteiger partial charge on any atom is 0.303 e. The molecular weight excluding hydrogens is 350 g/mol. The standard InChI is InChI=1S/C20H23NO6/c1-10(22)26-17-5-12-3-4-21-8-13-6-15-16(25-9-24-15)7-14(13)18(19(12)21)20(17)27-11(2)23/h6-7,12,17-20H,3-5,8-9H2,1-2H3/t12?,17-,18?,19?,20+/m0/s1. The molecule has 1 saturated carbocycles. The molecule has 4 aliphatic rings. The third-order valence-corrected chi connectivity index (χ3v) is 6.30. The first-order valence-electron chi connectivity index (χ1n) is 9.52. The molecule has 2 fully saturated rings. The molecule has 144 valence electrons. The number of fused-ring (bicyclic) bond motifs is 3. The first-order chi connectivity index (χ1) is 13.0. The molecule has 5 atom stereocenters. The van der Waals surface area contributed by atoms with Crippen LogP contribution in [0.25, 0.3) is 0 Å². The van der Waals surface area contributed by atoms with Gasteiger partial charge in [0.15, 0.2) is 11.5 Å². The van der Waals surface area contributed by atoms with E-state index >= 15 is 0 Å². The Balaban J connectivity index is 1.61. The molecular formula is C20H23NO6. The molecule has 1 aromatic rings. The number of nitrogens with zero attached hydrogens (tertiary/aromatic N) is 1. The van der Waals surface area contributed by atoms with Gasteiger partial charge in [0.2, 0.25) is 6.79 Å². The first-order valence-corrected chi connectivity index (χ1v) is 9.52. The normalized spacial score (nSPS) is 33.2. The van der Waals surface area contributed by atoms with Crippen LogP contribution in [0.2, 0.25) is 0 Å². The second-order valence-corrected chi connectivity index (χ2v) is 7.90. The molecule has 0 amide bonds. The van der Waals surface area contributed by atoms with Gasteiger partial charge in [0, 0.05) is 32.4 Å². The maximum absolute atomic E-state index is 11.9. The average molecular weight is 373 g/mol. The Kier molecular flexibility index (Phi) is 3.82. The fourth-order valence-corrected chi connectivity index (χ4v) is 5.47. The van der Waals surface area contributed by atoms with Crippen molar-refractivity contribution in [3.05, 3.63) is 23.3 Å². The van der Waals surface area contributed by atoms with Crippen LogP contribution in [-0.2, 0) is 25.6 Å². The summed E-state index contributed by atoms with van der Waals surface area (Å²) in [6.45, 7) is 4.90. The Bertz CT molecular complexity index is 808. The minimum atomic E-state index is -0.493. The number of ether oxygens (including phenoxy) is 4. The number of benzene rings is 1. The van der Waals surface area contributed by atoms with E-state index in [9.17, 15) is 9.59 Å². The molecule has 0 aromatic heterocycles. The van der Waals surface area contributed by atoms with Crippen LogP contribution in [-0.4, -0.2) is 48.4 Å². The highest BCUT2D eigenvalue weighted by Crippen LogP contribution is 2.52. The molecule has 27 heavy (non-hydrogen) atoms. The third kappa shape index (κ3) is 2.67. The predicted octanol–water partition coefficient (Wildman–Crippen LogP) is 1.97. The lowest BCUT2D eigenvalue weighted by Gasteiger charge is -2.49. The van der Waals surface area contributed by atoms with Crippen LogP contribution in [0.5, 0.6) is 11.5 Å². The Hall–Kier alpha value is -2.28. The Morgan fingerprint density at radius 2 is 1.85 bits per heavy atom. The van der Waals surface area contributed by atoms with Gasteiger partial charge in [-0.25, -0.2) is 0 Å². The number of esters is 2. The fraction of sp³-hybridized carbons (Fsp3) is 0.600. The molecule has 3 unspecified atom stereocenters. The van der Waals surface area contributed by atoms with E-state index in [0.717, 1.165) is 43.0 Å². The molecule has 1 aliphatic carbocycles. The summed E-state index contributed by atoms with van der Waals surface area (Å²) < 4.78 is 22.5. The molecule has 3 aliphatic heterocycles. The molecule has 0 spiro atoms. The van der Waals surface area contributed by atoms with Gasteiger partial charge >= 0.3 is 11.9 Å². The highest BCUT2D eigenvalue weighted by molar-refractivity contribution is 5.68. The van der Waals surface area contributed by atoms with E-state index in [2.05, 4.69) is 4.90 Å². The van der Waals surface area contributed by atoms with Gasteiger partial charge in [0.1, 0.15) is 12.2 Å². The topological polar surface area (TPSA) is 74.3 Å². The Morgan fingerprint density at radius 3 is 2.59 bits per heavy atom. The van der Waals surface area contributed by atoms with Gasteiger partial charge < -0.3 is 18.9 Å². The highest BCUT2D eigenvalue weighted by Gasteiger charge is 2.55. The van der Waals surface area contributed by atoms with Crippen LogP contribution in [0.15, 0.2) is 12.1 Å². The van der Waals surface area contributed by atoms with Crippen molar-refractivity contribution in [3.63, 3.8) is 0 Å². The summed E-state index contributed by atoms with van der Waals surface area (Å²) in [6, 6.07) is 4.36. The van der Waals surface area contributed by atoms with Gasteiger partial charge in [-0.15, -0.1) is 0 Å². The summed E-state index contributed by atoms with van der Waals surface area (Å²) in [7, 11) is 0. The van der Waals surface area contributed by atoms with Crippen LogP contribution >= 0.6 is 0 Å². The van der Waals surface area contributed by atoms with Gasteiger partial charge in [-0.2, -0.15) is 0 Å². The van der Waals surface area contributed by atoms with Gasteiger partial charge in [0.25, 0.3) is 0 Å². The van der Waals surface area contributed by atoms with E-state index in [-0.39, 0.29) is 30.7 Å². The second kappa shape index (κ2) is 6.12. The summed E-state index contributed by atoms with van der Waals surface area (Å²) in [5.74, 6) is 1.18. The molecule has 1 saturated heterocycles. The molecule has 7 heteroatoms. The molecule has 7 nitrogen and oxygen atoms in total. The van der Waals surface area contributed by atoms with Crippen LogP contribution in [0, 0.1) is 5.92 Å². The molecule has 0 N–H and O–H groups in total. The zero-order valence-corrected chi connectivity index (χ0v) is 15.5. The van der Waals surface area contributed by atoms with Crippen molar-refractivity contribution in [1.82, 2.24) is 4.90 Å². The summed E-state index contributed by atoms with van der Waals surface area (Å²) in [5.41, 5.74) is 2.29. The molecule has 5 rings (SSSR count). The predicted molar refractivity (Wildman–Crippen MR) is 93.3 cm³/mol. The van der Waals surface area contributed by atoms with Crippen molar-refractivity contribution in [1.29, 1.82) is 0 Å². The monoisotopic (exact) mass is 373 g/mol. The van der Waals surface area contributed by atoms with Crippen molar-refractivity contribution in [2.24, 2.45) is 5.92 Å².